The van der Waals surface area contributed by atoms with E-state index < -0.39 is 11.7 Å². The molecule has 142 valence electrons. The van der Waals surface area contributed by atoms with Crippen molar-refractivity contribution in [3.8, 4) is 0 Å². The van der Waals surface area contributed by atoms with Crippen LogP contribution in [0.1, 0.15) is 17.5 Å². The van der Waals surface area contributed by atoms with E-state index in [1.807, 2.05) is 30.5 Å². The lowest BCUT2D eigenvalue weighted by Crippen LogP contribution is -2.29. The molecule has 0 fully saturated rings. The normalized spacial score (nSPS) is 11.5. The minimum Gasteiger partial charge on any atom is -0.368 e. The van der Waals surface area contributed by atoms with Crippen LogP contribution < -0.4 is 10.6 Å². The van der Waals surface area contributed by atoms with Gasteiger partial charge in [-0.2, -0.15) is 13.2 Å². The van der Waals surface area contributed by atoms with Crippen molar-refractivity contribution < 1.29 is 18.0 Å². The van der Waals surface area contributed by atoms with Crippen molar-refractivity contribution in [2.45, 2.75) is 19.0 Å². The predicted octanol–water partition coefficient (Wildman–Crippen LogP) is 3.74. The number of carbonyl (C=O) groups is 1. The van der Waals surface area contributed by atoms with Crippen molar-refractivity contribution in [1.82, 2.24) is 15.3 Å². The minimum atomic E-state index is -4.40. The van der Waals surface area contributed by atoms with Gasteiger partial charge < -0.3 is 15.6 Å². The molecule has 5 nitrogen and oxygen atoms in total. The average molecular weight is 376 g/mol. The number of fused-ring (bicyclic) bond motifs is 1. The number of hydrogen-bond acceptors (Lipinski definition) is 3. The van der Waals surface area contributed by atoms with E-state index in [1.54, 1.807) is 0 Å². The molecule has 27 heavy (non-hydrogen) atoms. The van der Waals surface area contributed by atoms with Crippen molar-refractivity contribution >= 4 is 22.6 Å². The van der Waals surface area contributed by atoms with Crippen LogP contribution in [0, 0.1) is 0 Å². The molecular formula is C19H19F3N4O. The molecule has 1 amide bonds. The van der Waals surface area contributed by atoms with Crippen molar-refractivity contribution in [2.24, 2.45) is 0 Å². The van der Waals surface area contributed by atoms with E-state index in [2.05, 4.69) is 20.6 Å². The molecule has 3 aromatic rings. The molecule has 0 bridgehead atoms. The Morgan fingerprint density at radius 2 is 1.93 bits per heavy atom. The standard InChI is InChI=1S/C19H19F3N4O/c20-19(21,22)14-6-7-17(26-12-14)23-9-10-24-18(27)8-5-13-11-25-16-4-2-1-3-15(13)16/h1-4,6-7,11-12,25H,5,8-10H2,(H,23,26)(H,24,27). The van der Waals surface area contributed by atoms with E-state index in [4.69, 9.17) is 0 Å². The number of H-pyrrole nitrogens is 1. The zero-order chi connectivity index (χ0) is 19.3. The lowest BCUT2D eigenvalue weighted by Gasteiger charge is -2.09. The third-order valence-corrected chi connectivity index (χ3v) is 4.14. The van der Waals surface area contributed by atoms with E-state index in [9.17, 15) is 18.0 Å². The number of hydrogen-bond donors (Lipinski definition) is 3. The number of halogens is 3. The van der Waals surface area contributed by atoms with E-state index in [1.165, 1.54) is 6.07 Å². The maximum Gasteiger partial charge on any atom is 0.417 e. The smallest absolute Gasteiger partial charge is 0.368 e. The number of aromatic amines is 1. The fourth-order valence-electron chi connectivity index (χ4n) is 2.73. The molecule has 1 aromatic carbocycles. The molecule has 8 heteroatoms. The summed E-state index contributed by atoms with van der Waals surface area (Å²) in [6, 6.07) is 10.1. The molecule has 0 aliphatic rings. The van der Waals surface area contributed by atoms with Crippen LogP contribution in [0.2, 0.25) is 0 Å². The van der Waals surface area contributed by atoms with Crippen LogP contribution >= 0.6 is 0 Å². The summed E-state index contributed by atoms with van der Waals surface area (Å²) < 4.78 is 37.4. The van der Waals surface area contributed by atoms with E-state index in [0.717, 1.165) is 28.7 Å². The van der Waals surface area contributed by atoms with Crippen molar-refractivity contribution in [1.29, 1.82) is 0 Å². The first kappa shape index (κ1) is 18.8. The second kappa shape index (κ2) is 8.11. The van der Waals surface area contributed by atoms with Gasteiger partial charge in [-0.25, -0.2) is 4.98 Å². The number of nitrogens with one attached hydrogen (secondary N) is 3. The van der Waals surface area contributed by atoms with Gasteiger partial charge in [-0.05, 0) is 30.2 Å². The van der Waals surface area contributed by atoms with Crippen molar-refractivity contribution in [3.63, 3.8) is 0 Å². The Morgan fingerprint density at radius 1 is 1.11 bits per heavy atom. The fourth-order valence-corrected chi connectivity index (χ4v) is 2.73. The first-order chi connectivity index (χ1) is 12.9. The molecule has 0 radical (unpaired) electrons. The second-order valence-electron chi connectivity index (χ2n) is 6.07. The number of aromatic nitrogens is 2. The van der Waals surface area contributed by atoms with Crippen LogP contribution in [0.25, 0.3) is 10.9 Å². The Kier molecular flexibility index (Phi) is 5.63. The van der Waals surface area contributed by atoms with Gasteiger partial charge in [-0.15, -0.1) is 0 Å². The van der Waals surface area contributed by atoms with Gasteiger partial charge in [-0.1, -0.05) is 18.2 Å². The number of nitrogens with zero attached hydrogens (tertiary/aromatic N) is 1. The fraction of sp³-hybridized carbons (Fsp3) is 0.263. The van der Waals surface area contributed by atoms with Gasteiger partial charge in [-0.3, -0.25) is 4.79 Å². The van der Waals surface area contributed by atoms with E-state index >= 15 is 0 Å². The number of aryl methyl sites for hydroxylation is 1. The average Bonchev–Trinajstić information content (AvgIpc) is 3.06. The van der Waals surface area contributed by atoms with Crippen molar-refractivity contribution in [2.75, 3.05) is 18.4 Å². The first-order valence-electron chi connectivity index (χ1n) is 8.52. The Morgan fingerprint density at radius 3 is 2.67 bits per heavy atom. The Balaban J connectivity index is 1.38. The molecule has 3 rings (SSSR count). The maximum atomic E-state index is 12.5. The monoisotopic (exact) mass is 376 g/mol. The minimum absolute atomic E-state index is 0.0811. The van der Waals surface area contributed by atoms with Gasteiger partial charge in [0.15, 0.2) is 0 Å². The van der Waals surface area contributed by atoms with Crippen LogP contribution in [-0.2, 0) is 17.4 Å². The summed E-state index contributed by atoms with van der Waals surface area (Å²) in [4.78, 5) is 18.8. The van der Waals surface area contributed by atoms with Crippen LogP contribution in [0.3, 0.4) is 0 Å². The summed E-state index contributed by atoms with van der Waals surface area (Å²) in [5.74, 6) is 0.249. The van der Waals surface area contributed by atoms with Gasteiger partial charge >= 0.3 is 6.18 Å². The van der Waals surface area contributed by atoms with Gasteiger partial charge in [0.05, 0.1) is 5.56 Å². The zero-order valence-corrected chi connectivity index (χ0v) is 14.4. The largest absolute Gasteiger partial charge is 0.417 e. The zero-order valence-electron chi connectivity index (χ0n) is 14.4. The molecule has 3 N–H and O–H groups in total. The molecule has 2 aromatic heterocycles. The molecule has 0 atom stereocenters. The number of benzene rings is 1. The SMILES string of the molecule is O=C(CCc1c[nH]c2ccccc12)NCCNc1ccc(C(F)(F)F)cn1. The molecular weight excluding hydrogens is 357 g/mol. The summed E-state index contributed by atoms with van der Waals surface area (Å²) >= 11 is 0. The van der Waals surface area contributed by atoms with Gasteiger partial charge in [0, 0.05) is 42.8 Å². The highest BCUT2D eigenvalue weighted by Gasteiger charge is 2.30. The molecule has 0 aliphatic carbocycles. The van der Waals surface area contributed by atoms with Gasteiger partial charge in [0.1, 0.15) is 5.82 Å². The summed E-state index contributed by atoms with van der Waals surface area (Å²) in [6.07, 6.45) is -0.716. The molecule has 0 spiro atoms. The van der Waals surface area contributed by atoms with E-state index in [0.29, 0.717) is 31.7 Å². The summed E-state index contributed by atoms with van der Waals surface area (Å²) in [6.45, 7) is 0.729. The summed E-state index contributed by atoms with van der Waals surface area (Å²) in [5.41, 5.74) is 1.34. The van der Waals surface area contributed by atoms with Crippen LogP contribution in [0.15, 0.2) is 48.8 Å². The highest BCUT2D eigenvalue weighted by atomic mass is 19.4. The van der Waals surface area contributed by atoms with Gasteiger partial charge in [0.25, 0.3) is 0 Å². The Hall–Kier alpha value is -3.03. The van der Waals surface area contributed by atoms with E-state index in [-0.39, 0.29) is 5.91 Å². The third kappa shape index (κ3) is 4.99. The molecule has 0 saturated carbocycles. The number of alkyl halides is 3. The highest BCUT2D eigenvalue weighted by Crippen LogP contribution is 2.28. The Bertz CT molecular complexity index is 903. The topological polar surface area (TPSA) is 69.8 Å². The first-order valence-corrected chi connectivity index (χ1v) is 8.52. The third-order valence-electron chi connectivity index (χ3n) is 4.14. The number of pyridine rings is 1. The van der Waals surface area contributed by atoms with Crippen LogP contribution in [0.5, 0.6) is 0 Å². The number of carbonyl (C=O) groups excluding carboxylic acids is 1. The predicted molar refractivity (Wildman–Crippen MR) is 97.4 cm³/mol. The highest BCUT2D eigenvalue weighted by molar-refractivity contribution is 5.84. The summed E-state index contributed by atoms with van der Waals surface area (Å²) in [5, 5.41) is 6.77. The number of amides is 1. The van der Waals surface area contributed by atoms with Crippen molar-refractivity contribution in [3.05, 3.63) is 59.9 Å². The molecule has 2 heterocycles. The van der Waals surface area contributed by atoms with Crippen LogP contribution in [0.4, 0.5) is 19.0 Å². The molecule has 0 aliphatic heterocycles. The number of anilines is 1. The summed E-state index contributed by atoms with van der Waals surface area (Å²) in [7, 11) is 0. The van der Waals surface area contributed by atoms with Crippen LogP contribution in [-0.4, -0.2) is 29.0 Å². The molecule has 0 saturated heterocycles. The second-order valence-corrected chi connectivity index (χ2v) is 6.07. The lowest BCUT2D eigenvalue weighted by atomic mass is 10.1. The number of rotatable bonds is 7. The maximum absolute atomic E-state index is 12.5. The number of para-hydroxylation sites is 1. The van der Waals surface area contributed by atoms with Gasteiger partial charge in [0.2, 0.25) is 5.91 Å². The lowest BCUT2D eigenvalue weighted by molar-refractivity contribution is -0.137. The Labute approximate surface area is 154 Å². The quantitative estimate of drug-likeness (QED) is 0.550. The molecule has 0 unspecified atom stereocenters.